The number of ether oxygens (including phenoxy) is 2. The van der Waals surface area contributed by atoms with E-state index in [-0.39, 0.29) is 5.92 Å². The summed E-state index contributed by atoms with van der Waals surface area (Å²) >= 11 is 0. The molecule has 3 aliphatic heterocycles. The standard InChI is InChI=1S/C21H31N3O3/c1-22-7-6-18-15-24(16-20(18)21(22)25)14-17-2-4-19(5-3-17)27-13-10-23-8-11-26-12-9-23/h2-5,18,20H,6-16H2,1H3/t18-,20+/m1/s1. The predicted molar refractivity (Wildman–Crippen MR) is 104 cm³/mol. The van der Waals surface area contributed by atoms with E-state index in [4.69, 9.17) is 9.47 Å². The Morgan fingerprint density at radius 2 is 1.85 bits per heavy atom. The minimum Gasteiger partial charge on any atom is -0.492 e. The molecule has 1 amide bonds. The molecule has 0 saturated carbocycles. The fraction of sp³-hybridized carbons (Fsp3) is 0.667. The van der Waals surface area contributed by atoms with Gasteiger partial charge in [-0.05, 0) is 30.0 Å². The maximum Gasteiger partial charge on any atom is 0.227 e. The number of carbonyl (C=O) groups excluding carboxylic acids is 1. The number of morpholine rings is 1. The highest BCUT2D eigenvalue weighted by atomic mass is 16.5. The lowest BCUT2D eigenvalue weighted by molar-refractivity contribution is -0.137. The molecule has 0 radical (unpaired) electrons. The fourth-order valence-corrected chi connectivity index (χ4v) is 4.48. The molecule has 0 unspecified atom stereocenters. The molecule has 3 saturated heterocycles. The topological polar surface area (TPSA) is 45.2 Å². The lowest BCUT2D eigenvalue weighted by atomic mass is 9.88. The molecule has 0 spiro atoms. The molecule has 3 fully saturated rings. The zero-order valence-corrected chi connectivity index (χ0v) is 16.3. The summed E-state index contributed by atoms with van der Waals surface area (Å²) in [5.74, 6) is 2.00. The van der Waals surface area contributed by atoms with Gasteiger partial charge in [-0.25, -0.2) is 0 Å². The van der Waals surface area contributed by atoms with E-state index in [9.17, 15) is 4.79 Å². The largest absolute Gasteiger partial charge is 0.492 e. The van der Waals surface area contributed by atoms with Crippen LogP contribution in [0.5, 0.6) is 5.75 Å². The van der Waals surface area contributed by atoms with Crippen LogP contribution < -0.4 is 4.74 Å². The van der Waals surface area contributed by atoms with Crippen molar-refractivity contribution in [3.8, 4) is 5.75 Å². The molecule has 0 aromatic heterocycles. The number of hydrogen-bond donors (Lipinski definition) is 0. The monoisotopic (exact) mass is 373 g/mol. The van der Waals surface area contributed by atoms with Crippen molar-refractivity contribution in [1.82, 2.24) is 14.7 Å². The Morgan fingerprint density at radius 1 is 1.07 bits per heavy atom. The second-order valence-corrected chi connectivity index (χ2v) is 8.06. The Morgan fingerprint density at radius 3 is 2.63 bits per heavy atom. The number of rotatable bonds is 6. The summed E-state index contributed by atoms with van der Waals surface area (Å²) in [6.07, 6.45) is 1.14. The third-order valence-corrected chi connectivity index (χ3v) is 6.15. The number of nitrogens with zero attached hydrogens (tertiary/aromatic N) is 3. The van der Waals surface area contributed by atoms with Crippen molar-refractivity contribution in [3.05, 3.63) is 29.8 Å². The van der Waals surface area contributed by atoms with Crippen molar-refractivity contribution >= 4 is 5.91 Å². The maximum absolute atomic E-state index is 12.3. The smallest absolute Gasteiger partial charge is 0.227 e. The Kier molecular flexibility index (Phi) is 5.95. The highest BCUT2D eigenvalue weighted by molar-refractivity contribution is 5.80. The van der Waals surface area contributed by atoms with E-state index in [0.29, 0.717) is 18.4 Å². The number of hydrogen-bond acceptors (Lipinski definition) is 5. The van der Waals surface area contributed by atoms with Crippen LogP contribution in [-0.2, 0) is 16.1 Å². The van der Waals surface area contributed by atoms with Gasteiger partial charge in [0.1, 0.15) is 12.4 Å². The number of carbonyl (C=O) groups is 1. The van der Waals surface area contributed by atoms with Crippen molar-refractivity contribution in [1.29, 1.82) is 0 Å². The van der Waals surface area contributed by atoms with Gasteiger partial charge in [-0.2, -0.15) is 0 Å². The molecule has 6 heteroatoms. The van der Waals surface area contributed by atoms with Crippen molar-refractivity contribution < 1.29 is 14.3 Å². The minimum absolute atomic E-state index is 0.201. The number of piperidine rings is 1. The SMILES string of the molecule is CN1CC[C@@H]2CN(Cc3ccc(OCCN4CCOCC4)cc3)C[C@@H]2C1=O. The number of benzene rings is 1. The van der Waals surface area contributed by atoms with E-state index in [1.165, 1.54) is 5.56 Å². The first-order chi connectivity index (χ1) is 13.2. The van der Waals surface area contributed by atoms with Crippen LogP contribution in [0.25, 0.3) is 0 Å². The average molecular weight is 373 g/mol. The van der Waals surface area contributed by atoms with Gasteiger partial charge < -0.3 is 14.4 Å². The van der Waals surface area contributed by atoms with Gasteiger partial charge in [-0.15, -0.1) is 0 Å². The molecule has 2 atom stereocenters. The van der Waals surface area contributed by atoms with Crippen molar-refractivity contribution in [2.24, 2.45) is 11.8 Å². The van der Waals surface area contributed by atoms with Crippen LogP contribution in [-0.4, -0.2) is 86.7 Å². The molecule has 3 heterocycles. The lowest BCUT2D eigenvalue weighted by Gasteiger charge is -2.30. The van der Waals surface area contributed by atoms with Crippen LogP contribution >= 0.6 is 0 Å². The van der Waals surface area contributed by atoms with Gasteiger partial charge in [0.15, 0.2) is 0 Å². The van der Waals surface area contributed by atoms with Gasteiger partial charge in [0.25, 0.3) is 0 Å². The van der Waals surface area contributed by atoms with E-state index in [1.807, 2.05) is 11.9 Å². The highest BCUT2D eigenvalue weighted by Crippen LogP contribution is 2.32. The lowest BCUT2D eigenvalue weighted by Crippen LogP contribution is -2.42. The Balaban J connectivity index is 1.23. The molecule has 0 bridgehead atoms. The Bertz CT molecular complexity index is 630. The first-order valence-corrected chi connectivity index (χ1v) is 10.2. The Labute approximate surface area is 162 Å². The first kappa shape index (κ1) is 18.7. The van der Waals surface area contributed by atoms with Crippen LogP contribution in [0.1, 0.15) is 12.0 Å². The minimum atomic E-state index is 0.201. The third kappa shape index (κ3) is 4.62. The number of amides is 1. The summed E-state index contributed by atoms with van der Waals surface area (Å²) in [6.45, 7) is 9.07. The second-order valence-electron chi connectivity index (χ2n) is 8.06. The third-order valence-electron chi connectivity index (χ3n) is 6.15. The summed E-state index contributed by atoms with van der Waals surface area (Å²) in [7, 11) is 1.93. The molecule has 0 aliphatic carbocycles. The highest BCUT2D eigenvalue weighted by Gasteiger charge is 2.41. The normalized spacial score (nSPS) is 27.0. The zero-order valence-electron chi connectivity index (χ0n) is 16.3. The second kappa shape index (κ2) is 8.59. The number of likely N-dealkylation sites (tertiary alicyclic amines) is 2. The summed E-state index contributed by atoms with van der Waals surface area (Å²) in [6, 6.07) is 8.44. The quantitative estimate of drug-likeness (QED) is 0.752. The summed E-state index contributed by atoms with van der Waals surface area (Å²) < 4.78 is 11.3. The molecule has 1 aromatic rings. The molecule has 3 aliphatic rings. The number of fused-ring (bicyclic) bond motifs is 1. The van der Waals surface area contributed by atoms with Crippen LogP contribution in [0.2, 0.25) is 0 Å². The van der Waals surface area contributed by atoms with Crippen molar-refractivity contribution in [2.45, 2.75) is 13.0 Å². The van der Waals surface area contributed by atoms with Gasteiger partial charge in [0.05, 0.1) is 19.1 Å². The van der Waals surface area contributed by atoms with E-state index < -0.39 is 0 Å². The molecule has 148 valence electrons. The Hall–Kier alpha value is -1.63. The van der Waals surface area contributed by atoms with Gasteiger partial charge in [0.2, 0.25) is 5.91 Å². The predicted octanol–water partition coefficient (Wildman–Crippen LogP) is 1.31. The molecule has 27 heavy (non-hydrogen) atoms. The van der Waals surface area contributed by atoms with Gasteiger partial charge in [0, 0.05) is 52.9 Å². The molecule has 4 rings (SSSR count). The van der Waals surface area contributed by atoms with Crippen LogP contribution in [0.3, 0.4) is 0 Å². The molecule has 1 aromatic carbocycles. The summed E-state index contributed by atoms with van der Waals surface area (Å²) in [5.41, 5.74) is 1.29. The van der Waals surface area contributed by atoms with Crippen LogP contribution in [0.15, 0.2) is 24.3 Å². The van der Waals surface area contributed by atoms with E-state index in [1.54, 1.807) is 0 Å². The summed E-state index contributed by atoms with van der Waals surface area (Å²) in [4.78, 5) is 19.0. The summed E-state index contributed by atoms with van der Waals surface area (Å²) in [5, 5.41) is 0. The molecule has 6 nitrogen and oxygen atoms in total. The van der Waals surface area contributed by atoms with Gasteiger partial charge in [-0.3, -0.25) is 14.6 Å². The van der Waals surface area contributed by atoms with Crippen LogP contribution in [0, 0.1) is 11.8 Å². The van der Waals surface area contributed by atoms with Crippen molar-refractivity contribution in [3.63, 3.8) is 0 Å². The van der Waals surface area contributed by atoms with E-state index in [2.05, 4.69) is 34.1 Å². The molecule has 0 N–H and O–H groups in total. The fourth-order valence-electron chi connectivity index (χ4n) is 4.48. The average Bonchev–Trinajstić information content (AvgIpc) is 3.10. The van der Waals surface area contributed by atoms with Crippen LogP contribution in [0.4, 0.5) is 0 Å². The van der Waals surface area contributed by atoms with E-state index >= 15 is 0 Å². The zero-order chi connectivity index (χ0) is 18.6. The molecular weight excluding hydrogens is 342 g/mol. The molecular formula is C21H31N3O3. The van der Waals surface area contributed by atoms with E-state index in [0.717, 1.165) is 71.2 Å². The van der Waals surface area contributed by atoms with Gasteiger partial charge in [-0.1, -0.05) is 12.1 Å². The first-order valence-electron chi connectivity index (χ1n) is 10.2. The van der Waals surface area contributed by atoms with Crippen molar-refractivity contribution in [2.75, 3.05) is 66.1 Å². The maximum atomic E-state index is 12.3. The van der Waals surface area contributed by atoms with Gasteiger partial charge >= 0.3 is 0 Å².